The first-order chi connectivity index (χ1) is 8.07. The summed E-state index contributed by atoms with van der Waals surface area (Å²) in [7, 11) is 0. The Balaban J connectivity index is 2.28. The summed E-state index contributed by atoms with van der Waals surface area (Å²) >= 11 is 12.4. The molecule has 3 heteroatoms. The Morgan fingerprint density at radius 3 is 2.65 bits per heavy atom. The Morgan fingerprint density at radius 1 is 1.35 bits per heavy atom. The second-order valence-corrected chi connectivity index (χ2v) is 6.05. The molecule has 0 saturated heterocycles. The van der Waals surface area contributed by atoms with Gasteiger partial charge in [0, 0.05) is 16.1 Å². The highest BCUT2D eigenvalue weighted by Gasteiger charge is 2.45. The van der Waals surface area contributed by atoms with Crippen molar-refractivity contribution in [1.29, 1.82) is 0 Å². The van der Waals surface area contributed by atoms with Crippen LogP contribution < -0.4 is 5.32 Å². The normalized spacial score (nSPS) is 19.1. The molecule has 0 radical (unpaired) electrons. The summed E-state index contributed by atoms with van der Waals surface area (Å²) in [6, 6.07) is 6.07. The highest BCUT2D eigenvalue weighted by atomic mass is 35.5. The summed E-state index contributed by atoms with van der Waals surface area (Å²) in [5.74, 6) is 0. The van der Waals surface area contributed by atoms with Gasteiger partial charge in [0.25, 0.3) is 0 Å². The Labute approximate surface area is 114 Å². The maximum absolute atomic E-state index is 6.31. The molecule has 0 aromatic heterocycles. The Hall–Kier alpha value is -0.240. The fourth-order valence-corrected chi connectivity index (χ4v) is 2.65. The van der Waals surface area contributed by atoms with Crippen molar-refractivity contribution in [3.63, 3.8) is 0 Å². The van der Waals surface area contributed by atoms with E-state index in [2.05, 4.69) is 19.2 Å². The molecule has 0 aliphatic heterocycles. The van der Waals surface area contributed by atoms with Crippen molar-refractivity contribution >= 4 is 23.2 Å². The van der Waals surface area contributed by atoms with Crippen molar-refractivity contribution in [1.82, 2.24) is 5.32 Å². The van der Waals surface area contributed by atoms with E-state index in [1.807, 2.05) is 18.2 Å². The van der Waals surface area contributed by atoms with Gasteiger partial charge in [0.2, 0.25) is 0 Å². The van der Waals surface area contributed by atoms with Gasteiger partial charge in [-0.05, 0) is 55.0 Å². The van der Waals surface area contributed by atoms with Crippen molar-refractivity contribution in [2.75, 3.05) is 6.54 Å². The summed E-state index contributed by atoms with van der Waals surface area (Å²) in [5.41, 5.74) is 1.50. The van der Waals surface area contributed by atoms with Crippen LogP contribution in [0.2, 0.25) is 10.0 Å². The Bertz CT molecular complexity index is 399. The molecular formula is C14H19Cl2N. The van der Waals surface area contributed by atoms with Crippen molar-refractivity contribution in [2.45, 2.75) is 39.2 Å². The summed E-state index contributed by atoms with van der Waals surface area (Å²) in [6.07, 6.45) is 3.65. The number of rotatable bonds is 5. The minimum atomic E-state index is 0.327. The van der Waals surface area contributed by atoms with Crippen LogP contribution in [0.4, 0.5) is 0 Å². The molecule has 1 aromatic rings. The zero-order chi connectivity index (χ0) is 12.5. The molecule has 1 aliphatic rings. The molecule has 1 fully saturated rings. The van der Waals surface area contributed by atoms with Gasteiger partial charge in [-0.15, -0.1) is 0 Å². The van der Waals surface area contributed by atoms with E-state index in [0.29, 0.717) is 11.5 Å². The van der Waals surface area contributed by atoms with Gasteiger partial charge in [-0.1, -0.05) is 37.0 Å². The number of benzene rings is 1. The van der Waals surface area contributed by atoms with E-state index >= 15 is 0 Å². The second kappa shape index (κ2) is 5.17. The number of nitrogens with one attached hydrogen (secondary N) is 1. The van der Waals surface area contributed by atoms with Crippen molar-refractivity contribution in [3.05, 3.63) is 33.8 Å². The third-order valence-electron chi connectivity index (χ3n) is 3.60. The molecule has 0 amide bonds. The van der Waals surface area contributed by atoms with Gasteiger partial charge < -0.3 is 5.32 Å². The highest BCUT2D eigenvalue weighted by Crippen LogP contribution is 2.55. The van der Waals surface area contributed by atoms with Crippen molar-refractivity contribution in [2.24, 2.45) is 5.41 Å². The first-order valence-electron chi connectivity index (χ1n) is 6.25. The minimum absolute atomic E-state index is 0.327. The van der Waals surface area contributed by atoms with E-state index < -0.39 is 0 Å². The first kappa shape index (κ1) is 13.2. The fraction of sp³-hybridized carbons (Fsp3) is 0.571. The topological polar surface area (TPSA) is 12.0 Å². The van der Waals surface area contributed by atoms with Gasteiger partial charge in [0.1, 0.15) is 0 Å². The second-order valence-electron chi connectivity index (χ2n) is 5.21. The minimum Gasteiger partial charge on any atom is -0.309 e. The molecule has 1 aromatic carbocycles. The molecule has 2 rings (SSSR count). The number of halogens is 2. The monoisotopic (exact) mass is 271 g/mol. The predicted molar refractivity (Wildman–Crippen MR) is 74.8 cm³/mol. The van der Waals surface area contributed by atoms with Crippen molar-refractivity contribution in [3.8, 4) is 0 Å². The van der Waals surface area contributed by atoms with Gasteiger partial charge >= 0.3 is 0 Å². The summed E-state index contributed by atoms with van der Waals surface area (Å²) in [4.78, 5) is 0. The average Bonchev–Trinajstić information content (AvgIpc) is 3.03. The van der Waals surface area contributed by atoms with Crippen LogP contribution >= 0.6 is 23.2 Å². The lowest BCUT2D eigenvalue weighted by atomic mass is 9.91. The molecule has 0 bridgehead atoms. The smallest absolute Gasteiger partial charge is 0.0455 e. The van der Waals surface area contributed by atoms with E-state index in [9.17, 15) is 0 Å². The lowest BCUT2D eigenvalue weighted by molar-refractivity contribution is 0.367. The maximum Gasteiger partial charge on any atom is 0.0455 e. The molecule has 1 N–H and O–H groups in total. The van der Waals surface area contributed by atoms with Gasteiger partial charge in [-0.25, -0.2) is 0 Å². The molecular weight excluding hydrogens is 253 g/mol. The average molecular weight is 272 g/mol. The molecule has 1 aliphatic carbocycles. The molecule has 17 heavy (non-hydrogen) atoms. The van der Waals surface area contributed by atoms with E-state index in [-0.39, 0.29) is 0 Å². The maximum atomic E-state index is 6.31. The van der Waals surface area contributed by atoms with Gasteiger partial charge in [0.05, 0.1) is 0 Å². The molecule has 1 unspecified atom stereocenters. The Kier molecular flexibility index (Phi) is 4.02. The fourth-order valence-electron chi connectivity index (χ4n) is 2.24. The standard InChI is InChI=1S/C14H19Cl2N/c1-3-8-17-13(14(2)6-7-14)11-9-10(15)4-5-12(11)16/h4-5,9,13,17H,3,6-8H2,1-2H3. The zero-order valence-electron chi connectivity index (χ0n) is 10.4. The third kappa shape index (κ3) is 2.96. The number of hydrogen-bond acceptors (Lipinski definition) is 1. The van der Waals surface area contributed by atoms with Crippen LogP contribution in [0.3, 0.4) is 0 Å². The Morgan fingerprint density at radius 2 is 2.06 bits per heavy atom. The van der Waals surface area contributed by atoms with Crippen LogP contribution in [0.5, 0.6) is 0 Å². The van der Waals surface area contributed by atoms with Gasteiger partial charge in [-0.3, -0.25) is 0 Å². The first-order valence-corrected chi connectivity index (χ1v) is 7.01. The molecule has 1 nitrogen and oxygen atoms in total. The van der Waals surface area contributed by atoms with Crippen molar-refractivity contribution < 1.29 is 0 Å². The van der Waals surface area contributed by atoms with Gasteiger partial charge in [-0.2, -0.15) is 0 Å². The van der Waals surface area contributed by atoms with Crippen LogP contribution in [0.1, 0.15) is 44.7 Å². The quantitative estimate of drug-likeness (QED) is 0.809. The third-order valence-corrected chi connectivity index (χ3v) is 4.18. The van der Waals surface area contributed by atoms with Gasteiger partial charge in [0.15, 0.2) is 0 Å². The lowest BCUT2D eigenvalue weighted by Crippen LogP contribution is -2.29. The molecule has 0 spiro atoms. The predicted octanol–water partition coefficient (Wildman–Crippen LogP) is 4.83. The van der Waals surface area contributed by atoms with Crippen LogP contribution in [0, 0.1) is 5.41 Å². The van der Waals surface area contributed by atoms with Crippen LogP contribution in [0.25, 0.3) is 0 Å². The van der Waals surface area contributed by atoms with E-state index in [1.165, 1.54) is 12.8 Å². The van der Waals surface area contributed by atoms with E-state index in [0.717, 1.165) is 28.6 Å². The van der Waals surface area contributed by atoms with E-state index in [4.69, 9.17) is 23.2 Å². The molecule has 1 atom stereocenters. The largest absolute Gasteiger partial charge is 0.309 e. The number of hydrogen-bond donors (Lipinski definition) is 1. The van der Waals surface area contributed by atoms with Crippen LogP contribution in [-0.2, 0) is 0 Å². The summed E-state index contributed by atoms with van der Waals surface area (Å²) < 4.78 is 0. The zero-order valence-corrected chi connectivity index (χ0v) is 11.9. The highest BCUT2D eigenvalue weighted by molar-refractivity contribution is 6.33. The summed E-state index contributed by atoms with van der Waals surface area (Å²) in [5, 5.41) is 5.19. The molecule has 0 heterocycles. The molecule has 94 valence electrons. The lowest BCUT2D eigenvalue weighted by Gasteiger charge is -2.26. The summed E-state index contributed by atoms with van der Waals surface area (Å²) in [6.45, 7) is 5.51. The van der Waals surface area contributed by atoms with Crippen LogP contribution in [-0.4, -0.2) is 6.54 Å². The SMILES string of the molecule is CCCNC(c1cc(Cl)ccc1Cl)C1(C)CC1. The molecule has 1 saturated carbocycles. The van der Waals surface area contributed by atoms with Crippen LogP contribution in [0.15, 0.2) is 18.2 Å². The van der Waals surface area contributed by atoms with E-state index in [1.54, 1.807) is 0 Å².